The van der Waals surface area contributed by atoms with E-state index < -0.39 is 0 Å². The van der Waals surface area contributed by atoms with Gasteiger partial charge in [0.25, 0.3) is 0 Å². The van der Waals surface area contributed by atoms with Gasteiger partial charge in [-0.05, 0) is 12.8 Å². The van der Waals surface area contributed by atoms with E-state index in [1.807, 2.05) is 38.0 Å². The van der Waals surface area contributed by atoms with Crippen LogP contribution in [0.25, 0.3) is 29.8 Å². The van der Waals surface area contributed by atoms with E-state index >= 15 is 0 Å². The molecule has 0 amide bonds. The number of anilines is 4. The summed E-state index contributed by atoms with van der Waals surface area (Å²) >= 11 is 3.49. The van der Waals surface area contributed by atoms with E-state index in [2.05, 4.69) is 24.5 Å². The average Bonchev–Trinajstić information content (AvgIpc) is 3.30. The van der Waals surface area contributed by atoms with Gasteiger partial charge in [-0.3, -0.25) is 0 Å². The Bertz CT molecular complexity index is 1140. The van der Waals surface area contributed by atoms with Crippen LogP contribution in [0.4, 0.5) is 23.5 Å². The molecule has 4 rings (SSSR count). The lowest BCUT2D eigenvalue weighted by Gasteiger charge is -2.14. The van der Waals surface area contributed by atoms with Gasteiger partial charge in [-0.1, -0.05) is 26.7 Å². The molecule has 0 aliphatic rings. The third kappa shape index (κ3) is 4.25. The number of aromatic nitrogens is 4. The molecule has 0 radical (unpaired) electrons. The Labute approximate surface area is 197 Å². The number of nitrogens with zero attached hydrogens (tertiary/aromatic N) is 6. The molecule has 0 saturated carbocycles. The molecule has 32 heavy (non-hydrogen) atoms. The van der Waals surface area contributed by atoms with Gasteiger partial charge in [-0.2, -0.15) is 9.97 Å². The van der Waals surface area contributed by atoms with Crippen LogP contribution in [-0.4, -0.2) is 61.2 Å². The van der Waals surface area contributed by atoms with Crippen LogP contribution >= 0.6 is 22.7 Å². The van der Waals surface area contributed by atoms with Crippen molar-refractivity contribution in [1.29, 1.82) is 0 Å². The fraction of sp³-hybridized carbons (Fsp3) is 0.545. The van der Waals surface area contributed by atoms with Gasteiger partial charge in [0.15, 0.2) is 0 Å². The SMILES string of the molecule is CCCCNc1nc(N(C)C)nc2c1sc1sc3c(NCCCC)nc(N(C)C)nc3c12. The van der Waals surface area contributed by atoms with Crippen LogP contribution in [0, 0.1) is 0 Å². The molecule has 0 saturated heterocycles. The summed E-state index contributed by atoms with van der Waals surface area (Å²) in [6.07, 6.45) is 4.50. The van der Waals surface area contributed by atoms with Crippen LogP contribution < -0.4 is 20.4 Å². The normalized spacial score (nSPS) is 11.6. The first-order chi connectivity index (χ1) is 15.4. The zero-order chi connectivity index (χ0) is 22.8. The maximum absolute atomic E-state index is 4.95. The Morgan fingerprint density at radius 1 is 0.688 bits per heavy atom. The molecule has 2 N–H and O–H groups in total. The standard InChI is InChI=1S/C22H32N8S2/c1-7-9-11-23-18-16-14(25-21(27-18)29(3)4)13-15-17(32-20(13)31-16)19(24-12-10-8-2)28-22(26-15)30(5)6/h7-12H2,1-6H3,(H,23,25,27)(H,24,26,28). The molecule has 8 nitrogen and oxygen atoms in total. The first-order valence-electron chi connectivity index (χ1n) is 11.2. The predicted molar refractivity (Wildman–Crippen MR) is 141 cm³/mol. The number of nitrogens with one attached hydrogen (secondary N) is 2. The van der Waals surface area contributed by atoms with Crippen molar-refractivity contribution in [3.63, 3.8) is 0 Å². The van der Waals surface area contributed by atoms with Gasteiger partial charge in [0.1, 0.15) is 11.6 Å². The maximum Gasteiger partial charge on any atom is 0.227 e. The third-order valence-electron chi connectivity index (χ3n) is 5.22. The highest BCUT2D eigenvalue weighted by molar-refractivity contribution is 7.45. The topological polar surface area (TPSA) is 82.1 Å². The Kier molecular flexibility index (Phi) is 6.80. The molecule has 4 aromatic heterocycles. The summed E-state index contributed by atoms with van der Waals surface area (Å²) in [5.74, 6) is 3.24. The summed E-state index contributed by atoms with van der Waals surface area (Å²) < 4.78 is 3.41. The first kappa shape index (κ1) is 22.7. The van der Waals surface area contributed by atoms with E-state index in [0.717, 1.165) is 76.2 Å². The van der Waals surface area contributed by atoms with E-state index in [0.29, 0.717) is 11.9 Å². The van der Waals surface area contributed by atoms with Crippen LogP contribution in [0.15, 0.2) is 0 Å². The quantitative estimate of drug-likeness (QED) is 0.297. The second-order valence-electron chi connectivity index (χ2n) is 8.32. The van der Waals surface area contributed by atoms with Crippen molar-refractivity contribution in [1.82, 2.24) is 19.9 Å². The second kappa shape index (κ2) is 9.58. The lowest BCUT2D eigenvalue weighted by molar-refractivity contribution is 0.831. The Morgan fingerprint density at radius 2 is 1.12 bits per heavy atom. The van der Waals surface area contributed by atoms with Crippen LogP contribution in [0.1, 0.15) is 39.5 Å². The molecular formula is C22H32N8S2. The molecule has 0 aliphatic heterocycles. The minimum atomic E-state index is 0.707. The van der Waals surface area contributed by atoms with E-state index in [-0.39, 0.29) is 0 Å². The number of rotatable bonds is 10. The molecular weight excluding hydrogens is 440 g/mol. The fourth-order valence-corrected chi connectivity index (χ4v) is 5.98. The third-order valence-corrected chi connectivity index (χ3v) is 7.68. The molecule has 0 atom stereocenters. The smallest absolute Gasteiger partial charge is 0.227 e. The number of fused-ring (bicyclic) bond motifs is 5. The highest BCUT2D eigenvalue weighted by atomic mass is 32.2. The molecule has 4 heterocycles. The molecule has 0 aromatic carbocycles. The average molecular weight is 473 g/mol. The molecule has 0 aliphatic carbocycles. The predicted octanol–water partition coefficient (Wildman–Crippen LogP) is 5.41. The largest absolute Gasteiger partial charge is 0.369 e. The van der Waals surface area contributed by atoms with Crippen LogP contribution in [0.5, 0.6) is 0 Å². The van der Waals surface area contributed by atoms with Crippen LogP contribution in [-0.2, 0) is 0 Å². The van der Waals surface area contributed by atoms with Gasteiger partial charge in [-0.25, -0.2) is 9.97 Å². The lowest BCUT2D eigenvalue weighted by atomic mass is 10.2. The van der Waals surface area contributed by atoms with Gasteiger partial charge < -0.3 is 20.4 Å². The van der Waals surface area contributed by atoms with Gasteiger partial charge in [0.05, 0.1) is 29.8 Å². The molecule has 0 unspecified atom stereocenters. The van der Waals surface area contributed by atoms with E-state index in [4.69, 9.17) is 19.9 Å². The Morgan fingerprint density at radius 3 is 1.50 bits per heavy atom. The van der Waals surface area contributed by atoms with Gasteiger partial charge >= 0.3 is 0 Å². The van der Waals surface area contributed by atoms with E-state index in [1.54, 1.807) is 22.7 Å². The van der Waals surface area contributed by atoms with Gasteiger partial charge in [0, 0.05) is 41.3 Å². The molecule has 172 valence electrons. The first-order valence-corrected chi connectivity index (χ1v) is 12.8. The van der Waals surface area contributed by atoms with Crippen molar-refractivity contribution in [2.24, 2.45) is 0 Å². The number of unbranched alkanes of at least 4 members (excludes halogenated alkanes) is 2. The van der Waals surface area contributed by atoms with Crippen molar-refractivity contribution >= 4 is 76.0 Å². The minimum absolute atomic E-state index is 0.707. The van der Waals surface area contributed by atoms with Gasteiger partial charge in [-0.15, -0.1) is 22.7 Å². The minimum Gasteiger partial charge on any atom is -0.369 e. The van der Waals surface area contributed by atoms with Crippen molar-refractivity contribution in [3.05, 3.63) is 0 Å². The summed E-state index contributed by atoms with van der Waals surface area (Å²) in [7, 11) is 7.92. The molecule has 0 fully saturated rings. The summed E-state index contributed by atoms with van der Waals surface area (Å²) in [5.41, 5.74) is 1.94. The van der Waals surface area contributed by atoms with Crippen molar-refractivity contribution in [2.75, 3.05) is 61.7 Å². The van der Waals surface area contributed by atoms with E-state index in [9.17, 15) is 0 Å². The molecule has 10 heteroatoms. The zero-order valence-electron chi connectivity index (χ0n) is 19.7. The second-order valence-corrected chi connectivity index (χ2v) is 10.6. The summed E-state index contributed by atoms with van der Waals surface area (Å²) in [6, 6.07) is 0. The summed E-state index contributed by atoms with van der Waals surface area (Å²) in [4.78, 5) is 23.4. The molecule has 4 aromatic rings. The van der Waals surface area contributed by atoms with Crippen molar-refractivity contribution in [2.45, 2.75) is 39.5 Å². The number of hydrogen-bond acceptors (Lipinski definition) is 10. The van der Waals surface area contributed by atoms with Crippen LogP contribution in [0.3, 0.4) is 0 Å². The number of thiophene rings is 2. The molecule has 0 bridgehead atoms. The maximum atomic E-state index is 4.95. The fourth-order valence-electron chi connectivity index (χ4n) is 3.43. The van der Waals surface area contributed by atoms with Crippen molar-refractivity contribution in [3.8, 4) is 0 Å². The summed E-state index contributed by atoms with van der Waals surface area (Å²) in [6.45, 7) is 6.20. The van der Waals surface area contributed by atoms with E-state index in [1.165, 1.54) is 4.01 Å². The monoisotopic (exact) mass is 472 g/mol. The molecule has 0 spiro atoms. The lowest BCUT2D eigenvalue weighted by Crippen LogP contribution is -2.15. The summed E-state index contributed by atoms with van der Waals surface area (Å²) in [5, 5.41) is 8.19. The zero-order valence-corrected chi connectivity index (χ0v) is 21.4. The highest BCUT2D eigenvalue weighted by Crippen LogP contribution is 2.47. The Balaban J connectivity index is 1.95. The highest BCUT2D eigenvalue weighted by Gasteiger charge is 2.22. The van der Waals surface area contributed by atoms with Gasteiger partial charge in [0.2, 0.25) is 11.9 Å². The number of hydrogen-bond donors (Lipinski definition) is 2. The van der Waals surface area contributed by atoms with Crippen molar-refractivity contribution < 1.29 is 0 Å². The van der Waals surface area contributed by atoms with Crippen LogP contribution in [0.2, 0.25) is 0 Å². The Hall–Kier alpha value is -2.46.